The molecule has 1 saturated carbocycles. The Hall–Kier alpha value is -0.820. The highest BCUT2D eigenvalue weighted by molar-refractivity contribution is 5.31. The molecular formula is C14H19N. The summed E-state index contributed by atoms with van der Waals surface area (Å²) in [6, 6.07) is 8.85. The molecule has 1 fully saturated rings. The molecule has 1 heteroatoms. The molecule has 2 aliphatic rings. The summed E-state index contributed by atoms with van der Waals surface area (Å²) in [5, 5.41) is 0. The molecule has 3 atom stereocenters. The van der Waals surface area contributed by atoms with Crippen molar-refractivity contribution in [2.24, 2.45) is 17.6 Å². The number of aryl methyl sites for hydroxylation is 1. The highest BCUT2D eigenvalue weighted by Gasteiger charge is 2.53. The predicted molar refractivity (Wildman–Crippen MR) is 62.7 cm³/mol. The van der Waals surface area contributed by atoms with Crippen molar-refractivity contribution >= 4 is 0 Å². The van der Waals surface area contributed by atoms with Gasteiger partial charge < -0.3 is 5.73 Å². The molecule has 2 N–H and O–H groups in total. The maximum absolute atomic E-state index is 6.42. The number of benzene rings is 1. The molecule has 0 saturated heterocycles. The predicted octanol–water partition coefficient (Wildman–Crippen LogP) is 2.53. The van der Waals surface area contributed by atoms with E-state index in [0.717, 1.165) is 11.8 Å². The Balaban J connectivity index is 1.84. The van der Waals surface area contributed by atoms with Crippen molar-refractivity contribution in [3.8, 4) is 0 Å². The molecule has 3 unspecified atom stereocenters. The van der Waals surface area contributed by atoms with Gasteiger partial charge in [0.2, 0.25) is 0 Å². The molecule has 0 bridgehead atoms. The molecule has 80 valence electrons. The average molecular weight is 201 g/mol. The van der Waals surface area contributed by atoms with Crippen molar-refractivity contribution in [2.45, 2.75) is 38.1 Å². The van der Waals surface area contributed by atoms with E-state index in [1.807, 2.05) is 0 Å². The molecule has 0 aromatic heterocycles. The van der Waals surface area contributed by atoms with Crippen molar-refractivity contribution < 1.29 is 0 Å². The Kier molecular flexibility index (Phi) is 1.93. The molecular weight excluding hydrogens is 182 g/mol. The maximum atomic E-state index is 6.42. The second-order valence-corrected chi connectivity index (χ2v) is 5.43. The lowest BCUT2D eigenvalue weighted by Crippen LogP contribution is -2.37. The highest BCUT2D eigenvalue weighted by Crippen LogP contribution is 2.50. The van der Waals surface area contributed by atoms with Crippen LogP contribution in [0.2, 0.25) is 0 Å². The van der Waals surface area contributed by atoms with Crippen LogP contribution < -0.4 is 5.73 Å². The molecule has 3 rings (SSSR count). The monoisotopic (exact) mass is 201 g/mol. The van der Waals surface area contributed by atoms with Crippen LogP contribution in [0.5, 0.6) is 0 Å². The second kappa shape index (κ2) is 3.08. The van der Waals surface area contributed by atoms with Gasteiger partial charge in [-0.25, -0.2) is 0 Å². The summed E-state index contributed by atoms with van der Waals surface area (Å²) >= 11 is 0. The lowest BCUT2D eigenvalue weighted by Gasteiger charge is -2.30. The smallest absolute Gasteiger partial charge is 0.0216 e. The molecule has 0 heterocycles. The van der Waals surface area contributed by atoms with Gasteiger partial charge in [-0.15, -0.1) is 0 Å². The van der Waals surface area contributed by atoms with Crippen LogP contribution >= 0.6 is 0 Å². The SMILES string of the molecule is CC1CC1(N)C1CCc2ccccc2C1. The van der Waals surface area contributed by atoms with E-state index in [2.05, 4.69) is 31.2 Å². The van der Waals surface area contributed by atoms with E-state index < -0.39 is 0 Å². The first-order valence-corrected chi connectivity index (χ1v) is 6.06. The van der Waals surface area contributed by atoms with Crippen molar-refractivity contribution in [1.29, 1.82) is 0 Å². The Morgan fingerprint density at radius 3 is 2.60 bits per heavy atom. The highest BCUT2D eigenvalue weighted by atomic mass is 14.9. The third kappa shape index (κ3) is 1.41. The van der Waals surface area contributed by atoms with Crippen LogP contribution in [-0.4, -0.2) is 5.54 Å². The van der Waals surface area contributed by atoms with E-state index in [9.17, 15) is 0 Å². The summed E-state index contributed by atoms with van der Waals surface area (Å²) < 4.78 is 0. The Morgan fingerprint density at radius 2 is 1.93 bits per heavy atom. The Morgan fingerprint density at radius 1 is 1.27 bits per heavy atom. The summed E-state index contributed by atoms with van der Waals surface area (Å²) in [4.78, 5) is 0. The van der Waals surface area contributed by atoms with Crippen LogP contribution in [0.1, 0.15) is 30.9 Å². The molecule has 15 heavy (non-hydrogen) atoms. The topological polar surface area (TPSA) is 26.0 Å². The first kappa shape index (κ1) is 9.41. The van der Waals surface area contributed by atoms with Gasteiger partial charge in [0.05, 0.1) is 0 Å². The molecule has 2 aliphatic carbocycles. The second-order valence-electron chi connectivity index (χ2n) is 5.43. The van der Waals surface area contributed by atoms with E-state index in [0.29, 0.717) is 0 Å². The third-order valence-corrected chi connectivity index (χ3v) is 4.52. The van der Waals surface area contributed by atoms with E-state index in [1.165, 1.54) is 31.2 Å². The van der Waals surface area contributed by atoms with Crippen LogP contribution in [0, 0.1) is 11.8 Å². The van der Waals surface area contributed by atoms with Crippen LogP contribution in [0.15, 0.2) is 24.3 Å². The average Bonchev–Trinajstić information content (AvgIpc) is 2.88. The van der Waals surface area contributed by atoms with E-state index >= 15 is 0 Å². The van der Waals surface area contributed by atoms with Crippen LogP contribution in [-0.2, 0) is 12.8 Å². The number of hydrogen-bond donors (Lipinski definition) is 1. The van der Waals surface area contributed by atoms with Crippen molar-refractivity contribution in [2.75, 3.05) is 0 Å². The van der Waals surface area contributed by atoms with E-state index in [1.54, 1.807) is 5.56 Å². The normalized spacial score (nSPS) is 38.5. The van der Waals surface area contributed by atoms with Gasteiger partial charge in [0.15, 0.2) is 0 Å². The van der Waals surface area contributed by atoms with Gasteiger partial charge in [-0.05, 0) is 48.6 Å². The fourth-order valence-corrected chi connectivity index (χ4v) is 3.20. The number of hydrogen-bond acceptors (Lipinski definition) is 1. The largest absolute Gasteiger partial charge is 0.325 e. The first-order chi connectivity index (χ1) is 7.20. The zero-order valence-electron chi connectivity index (χ0n) is 9.37. The van der Waals surface area contributed by atoms with Gasteiger partial charge in [0.25, 0.3) is 0 Å². The minimum Gasteiger partial charge on any atom is -0.325 e. The number of rotatable bonds is 1. The standard InChI is InChI=1S/C14H19N/c1-10-9-14(10,15)13-7-6-11-4-2-3-5-12(11)8-13/h2-5,10,13H,6-9,15H2,1H3. The first-order valence-electron chi connectivity index (χ1n) is 6.06. The molecule has 1 aromatic rings. The van der Waals surface area contributed by atoms with Crippen LogP contribution in [0.3, 0.4) is 0 Å². The lowest BCUT2D eigenvalue weighted by molar-refractivity contribution is 0.341. The molecule has 0 aliphatic heterocycles. The number of nitrogens with two attached hydrogens (primary N) is 1. The van der Waals surface area contributed by atoms with Gasteiger partial charge in [-0.2, -0.15) is 0 Å². The van der Waals surface area contributed by atoms with Gasteiger partial charge in [0.1, 0.15) is 0 Å². The van der Waals surface area contributed by atoms with E-state index in [-0.39, 0.29) is 5.54 Å². The fraction of sp³-hybridized carbons (Fsp3) is 0.571. The van der Waals surface area contributed by atoms with Gasteiger partial charge in [0, 0.05) is 5.54 Å². The zero-order valence-corrected chi connectivity index (χ0v) is 9.37. The van der Waals surface area contributed by atoms with E-state index in [4.69, 9.17) is 5.73 Å². The summed E-state index contributed by atoms with van der Waals surface area (Å²) in [6.07, 6.45) is 4.96. The van der Waals surface area contributed by atoms with Gasteiger partial charge in [-0.1, -0.05) is 31.2 Å². The summed E-state index contributed by atoms with van der Waals surface area (Å²) in [5.74, 6) is 1.47. The van der Waals surface area contributed by atoms with Gasteiger partial charge in [-0.3, -0.25) is 0 Å². The zero-order chi connectivity index (χ0) is 10.5. The minimum atomic E-state index is 0.174. The van der Waals surface area contributed by atoms with Crippen LogP contribution in [0.4, 0.5) is 0 Å². The number of fused-ring (bicyclic) bond motifs is 1. The van der Waals surface area contributed by atoms with Crippen molar-refractivity contribution in [3.05, 3.63) is 35.4 Å². The molecule has 0 spiro atoms. The summed E-state index contributed by atoms with van der Waals surface area (Å²) in [7, 11) is 0. The summed E-state index contributed by atoms with van der Waals surface area (Å²) in [6.45, 7) is 2.29. The Labute approximate surface area is 91.7 Å². The van der Waals surface area contributed by atoms with Gasteiger partial charge >= 0.3 is 0 Å². The fourth-order valence-electron chi connectivity index (χ4n) is 3.20. The Bertz CT molecular complexity index is 385. The third-order valence-electron chi connectivity index (χ3n) is 4.52. The maximum Gasteiger partial charge on any atom is 0.0216 e. The molecule has 1 aromatic carbocycles. The van der Waals surface area contributed by atoms with Crippen molar-refractivity contribution in [1.82, 2.24) is 0 Å². The van der Waals surface area contributed by atoms with Crippen LogP contribution in [0.25, 0.3) is 0 Å². The molecule has 1 nitrogen and oxygen atoms in total. The van der Waals surface area contributed by atoms with Crippen molar-refractivity contribution in [3.63, 3.8) is 0 Å². The lowest BCUT2D eigenvalue weighted by atomic mass is 9.78. The molecule has 0 radical (unpaired) electrons. The quantitative estimate of drug-likeness (QED) is 0.742. The molecule has 0 amide bonds. The minimum absolute atomic E-state index is 0.174. The summed E-state index contributed by atoms with van der Waals surface area (Å²) in [5.41, 5.74) is 9.68.